The van der Waals surface area contributed by atoms with Gasteiger partial charge in [0, 0.05) is 36.9 Å². The Morgan fingerprint density at radius 3 is 2.45 bits per heavy atom. The van der Waals surface area contributed by atoms with E-state index in [1.165, 1.54) is 19.1 Å². The molecule has 1 heterocycles. The number of amides is 1. The van der Waals surface area contributed by atoms with Crippen LogP contribution < -0.4 is 10.2 Å². The fraction of sp³-hybridized carbons (Fsp3) is 0.227. The molecule has 0 aliphatic rings. The van der Waals surface area contributed by atoms with Crippen LogP contribution in [-0.2, 0) is 9.53 Å². The predicted molar refractivity (Wildman–Crippen MR) is 111 cm³/mol. The van der Waals surface area contributed by atoms with Crippen molar-refractivity contribution in [3.8, 4) is 0 Å². The fourth-order valence-corrected chi connectivity index (χ4v) is 2.81. The van der Waals surface area contributed by atoms with Crippen LogP contribution in [0.5, 0.6) is 0 Å². The summed E-state index contributed by atoms with van der Waals surface area (Å²) in [5.41, 5.74) is 2.70. The summed E-state index contributed by atoms with van der Waals surface area (Å²) >= 11 is 0. The number of hydrogen-bond donors (Lipinski definition) is 1. The molecule has 0 aliphatic heterocycles. The van der Waals surface area contributed by atoms with E-state index in [0.29, 0.717) is 22.3 Å². The van der Waals surface area contributed by atoms with Gasteiger partial charge in [0.2, 0.25) is 0 Å². The van der Waals surface area contributed by atoms with Crippen LogP contribution in [0.2, 0.25) is 0 Å². The zero-order valence-electron chi connectivity index (χ0n) is 16.7. The van der Waals surface area contributed by atoms with Gasteiger partial charge in [-0.15, -0.1) is 0 Å². The second-order valence-electron chi connectivity index (χ2n) is 6.94. The zero-order valence-corrected chi connectivity index (χ0v) is 16.7. The average molecular weight is 395 g/mol. The molecule has 6 nitrogen and oxygen atoms in total. The van der Waals surface area contributed by atoms with Crippen molar-refractivity contribution in [2.24, 2.45) is 0 Å². The van der Waals surface area contributed by atoms with Gasteiger partial charge in [-0.1, -0.05) is 0 Å². The molecule has 3 rings (SSSR count). The molecule has 29 heavy (non-hydrogen) atoms. The maximum atomic E-state index is 13.4. The van der Waals surface area contributed by atoms with Crippen LogP contribution in [0.3, 0.4) is 0 Å². The first kappa shape index (κ1) is 20.3. The predicted octanol–water partition coefficient (Wildman–Crippen LogP) is 3.93. The lowest BCUT2D eigenvalue weighted by Gasteiger charge is -2.16. The quantitative estimate of drug-likeness (QED) is 0.663. The number of esters is 1. The molecule has 150 valence electrons. The van der Waals surface area contributed by atoms with E-state index >= 15 is 0 Å². The summed E-state index contributed by atoms with van der Waals surface area (Å²) in [6.45, 7) is 3.14. The highest BCUT2D eigenvalue weighted by molar-refractivity contribution is 5.99. The molecular weight excluding hydrogens is 373 g/mol. The minimum atomic E-state index is -1.00. The molecule has 0 bridgehead atoms. The van der Waals surface area contributed by atoms with E-state index in [9.17, 15) is 14.0 Å². The molecule has 2 aromatic carbocycles. The third-order valence-corrected chi connectivity index (χ3v) is 4.49. The van der Waals surface area contributed by atoms with E-state index in [2.05, 4.69) is 10.3 Å². The number of anilines is 2. The Morgan fingerprint density at radius 2 is 1.79 bits per heavy atom. The van der Waals surface area contributed by atoms with Crippen molar-refractivity contribution in [1.82, 2.24) is 4.98 Å². The lowest BCUT2D eigenvalue weighted by Crippen LogP contribution is -2.30. The minimum absolute atomic E-state index is 0.235. The number of hydrogen-bond acceptors (Lipinski definition) is 5. The SMILES string of the molecule is Cc1nc2cc(F)ccc2cc1C(=O)O[C@H](C)C(=O)Nc1ccc(N(C)C)cc1. The first-order valence-corrected chi connectivity index (χ1v) is 9.11. The maximum absolute atomic E-state index is 13.4. The lowest BCUT2D eigenvalue weighted by atomic mass is 10.1. The molecule has 0 saturated carbocycles. The van der Waals surface area contributed by atoms with E-state index in [1.807, 2.05) is 31.1 Å². The fourth-order valence-electron chi connectivity index (χ4n) is 2.81. The molecule has 0 saturated heterocycles. The Bertz CT molecular complexity index is 1060. The molecule has 1 amide bonds. The molecule has 0 aliphatic carbocycles. The number of nitrogens with zero attached hydrogens (tertiary/aromatic N) is 2. The van der Waals surface area contributed by atoms with Crippen molar-refractivity contribution in [2.45, 2.75) is 20.0 Å². The Labute approximate surface area is 168 Å². The third-order valence-electron chi connectivity index (χ3n) is 4.49. The van der Waals surface area contributed by atoms with Gasteiger partial charge in [0.25, 0.3) is 5.91 Å². The normalized spacial score (nSPS) is 11.8. The molecule has 7 heteroatoms. The summed E-state index contributed by atoms with van der Waals surface area (Å²) in [7, 11) is 3.85. The van der Waals surface area contributed by atoms with Gasteiger partial charge >= 0.3 is 5.97 Å². The standard InChI is InChI=1S/C22H22FN3O3/c1-13-19(11-15-5-6-16(23)12-20(15)24-13)22(28)29-14(2)21(27)25-17-7-9-18(10-8-17)26(3)4/h5-12,14H,1-4H3,(H,25,27)/t14-/m1/s1. The van der Waals surface area contributed by atoms with Gasteiger partial charge in [-0.2, -0.15) is 0 Å². The number of pyridine rings is 1. The van der Waals surface area contributed by atoms with Crippen LogP contribution in [0.25, 0.3) is 10.9 Å². The summed E-state index contributed by atoms with van der Waals surface area (Å²) in [6.07, 6.45) is -1.00. The van der Waals surface area contributed by atoms with E-state index in [0.717, 1.165) is 5.69 Å². The Morgan fingerprint density at radius 1 is 1.10 bits per heavy atom. The molecule has 0 spiro atoms. The molecule has 0 fully saturated rings. The van der Waals surface area contributed by atoms with E-state index in [4.69, 9.17) is 4.74 Å². The van der Waals surface area contributed by atoms with Crippen molar-refractivity contribution >= 4 is 34.2 Å². The van der Waals surface area contributed by atoms with Gasteiger partial charge in [-0.25, -0.2) is 9.18 Å². The van der Waals surface area contributed by atoms with E-state index in [1.54, 1.807) is 31.2 Å². The molecule has 0 unspecified atom stereocenters. The smallest absolute Gasteiger partial charge is 0.340 e. The van der Waals surface area contributed by atoms with E-state index in [-0.39, 0.29) is 5.56 Å². The average Bonchev–Trinajstić information content (AvgIpc) is 2.67. The van der Waals surface area contributed by atoms with Crippen molar-refractivity contribution < 1.29 is 18.7 Å². The summed E-state index contributed by atoms with van der Waals surface area (Å²) in [6, 6.07) is 13.0. The van der Waals surface area contributed by atoms with Gasteiger partial charge in [0.05, 0.1) is 16.8 Å². The maximum Gasteiger partial charge on any atom is 0.340 e. The summed E-state index contributed by atoms with van der Waals surface area (Å²) < 4.78 is 18.7. The number of aromatic nitrogens is 1. The monoisotopic (exact) mass is 395 g/mol. The zero-order chi connectivity index (χ0) is 21.1. The second kappa shape index (κ2) is 8.26. The van der Waals surface area contributed by atoms with Crippen molar-refractivity contribution in [3.63, 3.8) is 0 Å². The van der Waals surface area contributed by atoms with Crippen LogP contribution in [0.1, 0.15) is 23.0 Å². The van der Waals surface area contributed by atoms with Gasteiger partial charge in [0.15, 0.2) is 6.10 Å². The van der Waals surface area contributed by atoms with Gasteiger partial charge < -0.3 is 15.0 Å². The first-order chi connectivity index (χ1) is 13.7. The van der Waals surface area contributed by atoms with Crippen molar-refractivity contribution in [1.29, 1.82) is 0 Å². The third kappa shape index (κ3) is 4.68. The topological polar surface area (TPSA) is 71.5 Å². The van der Waals surface area contributed by atoms with Gasteiger partial charge in [-0.3, -0.25) is 9.78 Å². The number of carbonyl (C=O) groups is 2. The lowest BCUT2D eigenvalue weighted by molar-refractivity contribution is -0.123. The van der Waals surface area contributed by atoms with Crippen LogP contribution in [0.15, 0.2) is 48.5 Å². The number of rotatable bonds is 5. The number of halogens is 1. The molecule has 3 aromatic rings. The Balaban J connectivity index is 1.69. The summed E-state index contributed by atoms with van der Waals surface area (Å²) in [4.78, 5) is 31.1. The van der Waals surface area contributed by atoms with Crippen LogP contribution in [0.4, 0.5) is 15.8 Å². The van der Waals surface area contributed by atoms with Crippen LogP contribution in [-0.4, -0.2) is 37.1 Å². The number of nitrogens with one attached hydrogen (secondary N) is 1. The highest BCUT2D eigenvalue weighted by Crippen LogP contribution is 2.20. The number of ether oxygens (including phenoxy) is 1. The van der Waals surface area contributed by atoms with Crippen molar-refractivity contribution in [2.75, 3.05) is 24.3 Å². The molecule has 1 aromatic heterocycles. The minimum Gasteiger partial charge on any atom is -0.449 e. The van der Waals surface area contributed by atoms with Crippen molar-refractivity contribution in [3.05, 3.63) is 65.6 Å². The summed E-state index contributed by atoms with van der Waals surface area (Å²) in [5, 5.41) is 3.34. The number of fused-ring (bicyclic) bond motifs is 1. The molecular formula is C22H22FN3O3. The molecule has 1 N–H and O–H groups in total. The molecule has 0 radical (unpaired) electrons. The first-order valence-electron chi connectivity index (χ1n) is 9.11. The van der Waals surface area contributed by atoms with Crippen LogP contribution in [0, 0.1) is 12.7 Å². The van der Waals surface area contributed by atoms with E-state index < -0.39 is 23.8 Å². The molecule has 1 atom stereocenters. The number of carbonyl (C=O) groups excluding carboxylic acids is 2. The number of aryl methyl sites for hydroxylation is 1. The highest BCUT2D eigenvalue weighted by atomic mass is 19.1. The highest BCUT2D eigenvalue weighted by Gasteiger charge is 2.21. The van der Waals surface area contributed by atoms with Gasteiger partial charge in [-0.05, 0) is 56.3 Å². The van der Waals surface area contributed by atoms with Gasteiger partial charge in [0.1, 0.15) is 5.82 Å². The Kier molecular flexibility index (Phi) is 5.77. The number of benzene rings is 2. The second-order valence-corrected chi connectivity index (χ2v) is 6.94. The van der Waals surface area contributed by atoms with Crippen LogP contribution >= 0.6 is 0 Å². The summed E-state index contributed by atoms with van der Waals surface area (Å²) in [5.74, 6) is -1.50. The largest absolute Gasteiger partial charge is 0.449 e. The Hall–Kier alpha value is -3.48.